The van der Waals surface area contributed by atoms with Crippen LogP contribution in [0.2, 0.25) is 0 Å². The summed E-state index contributed by atoms with van der Waals surface area (Å²) in [6.07, 6.45) is 2.44. The zero-order valence-electron chi connectivity index (χ0n) is 11.6. The van der Waals surface area contributed by atoms with Crippen LogP contribution in [0.5, 0.6) is 0 Å². The van der Waals surface area contributed by atoms with Crippen molar-refractivity contribution in [3.05, 3.63) is 35.4 Å². The Hall–Kier alpha value is -1.40. The molecular formula is C14H17FN4S. The van der Waals surface area contributed by atoms with Crippen LogP contribution in [0.25, 0.3) is 0 Å². The SMILES string of the molecule is Cc1nnc(Sc2ccc(F)cc2CNC2CC2)n1C. The molecule has 1 aliphatic carbocycles. The quantitative estimate of drug-likeness (QED) is 0.920. The molecule has 1 saturated carbocycles. The Morgan fingerprint density at radius 2 is 2.20 bits per heavy atom. The van der Waals surface area contributed by atoms with Gasteiger partial charge in [-0.2, -0.15) is 0 Å². The summed E-state index contributed by atoms with van der Waals surface area (Å²) >= 11 is 1.53. The predicted molar refractivity (Wildman–Crippen MR) is 76.1 cm³/mol. The van der Waals surface area contributed by atoms with Crippen molar-refractivity contribution in [3.8, 4) is 0 Å². The lowest BCUT2D eigenvalue weighted by Crippen LogP contribution is -2.16. The first kappa shape index (κ1) is 13.6. The second-order valence-electron chi connectivity index (χ2n) is 5.10. The molecule has 1 N–H and O–H groups in total. The lowest BCUT2D eigenvalue weighted by atomic mass is 10.2. The number of halogens is 1. The summed E-state index contributed by atoms with van der Waals surface area (Å²) in [5.74, 6) is 0.670. The maximum absolute atomic E-state index is 13.4. The Kier molecular flexibility index (Phi) is 3.76. The first-order chi connectivity index (χ1) is 9.63. The summed E-state index contributed by atoms with van der Waals surface area (Å²) in [7, 11) is 1.93. The molecule has 3 rings (SSSR count). The van der Waals surface area contributed by atoms with Gasteiger partial charge in [-0.3, -0.25) is 0 Å². The van der Waals surface area contributed by atoms with Gasteiger partial charge in [0.2, 0.25) is 0 Å². The fourth-order valence-corrected chi connectivity index (χ4v) is 2.85. The van der Waals surface area contributed by atoms with Crippen LogP contribution in [0.15, 0.2) is 28.3 Å². The molecule has 106 valence electrons. The molecule has 6 heteroatoms. The number of nitrogens with zero attached hydrogens (tertiary/aromatic N) is 3. The molecule has 1 heterocycles. The molecule has 0 amide bonds. The van der Waals surface area contributed by atoms with E-state index in [1.165, 1.54) is 30.7 Å². The summed E-state index contributed by atoms with van der Waals surface area (Å²) < 4.78 is 15.4. The van der Waals surface area contributed by atoms with Crippen LogP contribution in [0.1, 0.15) is 24.2 Å². The summed E-state index contributed by atoms with van der Waals surface area (Å²) in [6, 6.07) is 5.51. The van der Waals surface area contributed by atoms with Gasteiger partial charge >= 0.3 is 0 Å². The zero-order valence-corrected chi connectivity index (χ0v) is 12.4. The smallest absolute Gasteiger partial charge is 0.195 e. The van der Waals surface area contributed by atoms with Gasteiger partial charge in [0, 0.05) is 24.5 Å². The Morgan fingerprint density at radius 3 is 2.85 bits per heavy atom. The topological polar surface area (TPSA) is 42.7 Å². The summed E-state index contributed by atoms with van der Waals surface area (Å²) in [6.45, 7) is 2.61. The van der Waals surface area contributed by atoms with Crippen molar-refractivity contribution in [1.82, 2.24) is 20.1 Å². The molecule has 0 radical (unpaired) electrons. The average Bonchev–Trinajstić information content (AvgIpc) is 3.21. The Balaban J connectivity index is 1.81. The van der Waals surface area contributed by atoms with E-state index in [0.29, 0.717) is 12.6 Å². The van der Waals surface area contributed by atoms with Crippen molar-refractivity contribution in [2.75, 3.05) is 0 Å². The number of hydrogen-bond donors (Lipinski definition) is 1. The lowest BCUT2D eigenvalue weighted by Gasteiger charge is -2.10. The fraction of sp³-hybridized carbons (Fsp3) is 0.429. The number of benzene rings is 1. The first-order valence-electron chi connectivity index (χ1n) is 6.69. The van der Waals surface area contributed by atoms with Gasteiger partial charge in [0.1, 0.15) is 11.6 Å². The zero-order chi connectivity index (χ0) is 14.1. The third kappa shape index (κ3) is 3.02. The van der Waals surface area contributed by atoms with E-state index in [2.05, 4.69) is 15.5 Å². The molecule has 0 atom stereocenters. The van der Waals surface area contributed by atoms with Crippen LogP contribution in [-0.2, 0) is 13.6 Å². The van der Waals surface area contributed by atoms with E-state index in [4.69, 9.17) is 0 Å². The van der Waals surface area contributed by atoms with Crippen molar-refractivity contribution in [2.24, 2.45) is 7.05 Å². The molecule has 0 bridgehead atoms. The highest BCUT2D eigenvalue weighted by atomic mass is 32.2. The molecule has 0 saturated heterocycles. The number of nitrogens with one attached hydrogen (secondary N) is 1. The van der Waals surface area contributed by atoms with Crippen LogP contribution in [0, 0.1) is 12.7 Å². The average molecular weight is 292 g/mol. The van der Waals surface area contributed by atoms with E-state index in [9.17, 15) is 4.39 Å². The minimum Gasteiger partial charge on any atom is -0.310 e. The van der Waals surface area contributed by atoms with E-state index in [0.717, 1.165) is 21.4 Å². The van der Waals surface area contributed by atoms with Gasteiger partial charge < -0.3 is 9.88 Å². The molecule has 0 unspecified atom stereocenters. The minimum atomic E-state index is -0.198. The molecule has 1 aliphatic rings. The highest BCUT2D eigenvalue weighted by molar-refractivity contribution is 7.99. The van der Waals surface area contributed by atoms with E-state index < -0.39 is 0 Å². The maximum atomic E-state index is 13.4. The van der Waals surface area contributed by atoms with E-state index in [1.54, 1.807) is 6.07 Å². The van der Waals surface area contributed by atoms with Gasteiger partial charge in [-0.05, 0) is 55.3 Å². The largest absolute Gasteiger partial charge is 0.310 e. The molecule has 2 aromatic rings. The minimum absolute atomic E-state index is 0.198. The van der Waals surface area contributed by atoms with Gasteiger partial charge in [0.05, 0.1) is 0 Å². The van der Waals surface area contributed by atoms with Crippen LogP contribution in [-0.4, -0.2) is 20.8 Å². The summed E-state index contributed by atoms with van der Waals surface area (Å²) in [5.41, 5.74) is 0.975. The summed E-state index contributed by atoms with van der Waals surface area (Å²) in [5, 5.41) is 12.4. The molecule has 1 fully saturated rings. The van der Waals surface area contributed by atoms with Gasteiger partial charge in [0.25, 0.3) is 0 Å². The second-order valence-corrected chi connectivity index (χ2v) is 6.11. The number of hydrogen-bond acceptors (Lipinski definition) is 4. The van der Waals surface area contributed by atoms with Crippen LogP contribution in [0.4, 0.5) is 4.39 Å². The van der Waals surface area contributed by atoms with Gasteiger partial charge in [-0.15, -0.1) is 10.2 Å². The Labute approximate surface area is 121 Å². The Morgan fingerprint density at radius 1 is 1.40 bits per heavy atom. The van der Waals surface area contributed by atoms with Gasteiger partial charge in [-0.1, -0.05) is 0 Å². The third-order valence-electron chi connectivity index (χ3n) is 3.43. The number of aromatic nitrogens is 3. The van der Waals surface area contributed by atoms with Crippen LogP contribution >= 0.6 is 11.8 Å². The highest BCUT2D eigenvalue weighted by Gasteiger charge is 2.21. The second kappa shape index (κ2) is 5.54. The maximum Gasteiger partial charge on any atom is 0.195 e. The van der Waals surface area contributed by atoms with E-state index in [-0.39, 0.29) is 5.82 Å². The summed E-state index contributed by atoms with van der Waals surface area (Å²) in [4.78, 5) is 1.02. The molecule has 0 aliphatic heterocycles. The molecule has 0 spiro atoms. The monoisotopic (exact) mass is 292 g/mol. The van der Waals surface area contributed by atoms with Crippen molar-refractivity contribution in [1.29, 1.82) is 0 Å². The molecular weight excluding hydrogens is 275 g/mol. The first-order valence-corrected chi connectivity index (χ1v) is 7.51. The van der Waals surface area contributed by atoms with Gasteiger partial charge in [-0.25, -0.2) is 4.39 Å². The van der Waals surface area contributed by atoms with Crippen molar-refractivity contribution in [3.63, 3.8) is 0 Å². The third-order valence-corrected chi connectivity index (χ3v) is 4.59. The highest BCUT2D eigenvalue weighted by Crippen LogP contribution is 2.30. The molecule has 1 aromatic heterocycles. The van der Waals surface area contributed by atoms with E-state index in [1.807, 2.05) is 24.6 Å². The van der Waals surface area contributed by atoms with Crippen molar-refractivity contribution < 1.29 is 4.39 Å². The normalized spacial score (nSPS) is 14.8. The number of rotatable bonds is 5. The molecule has 20 heavy (non-hydrogen) atoms. The predicted octanol–water partition coefficient (Wildman–Crippen LogP) is 2.67. The van der Waals surface area contributed by atoms with Crippen LogP contribution in [0.3, 0.4) is 0 Å². The van der Waals surface area contributed by atoms with Crippen molar-refractivity contribution in [2.45, 2.75) is 42.4 Å². The molecule has 1 aromatic carbocycles. The van der Waals surface area contributed by atoms with Crippen molar-refractivity contribution >= 4 is 11.8 Å². The van der Waals surface area contributed by atoms with E-state index >= 15 is 0 Å². The Bertz CT molecular complexity index is 622. The van der Waals surface area contributed by atoms with Gasteiger partial charge in [0.15, 0.2) is 5.16 Å². The fourth-order valence-electron chi connectivity index (χ4n) is 1.90. The standard InChI is InChI=1S/C14H17FN4S/c1-9-17-18-14(19(9)2)20-13-6-3-11(15)7-10(13)8-16-12-4-5-12/h3,6-7,12,16H,4-5,8H2,1-2H3. The lowest BCUT2D eigenvalue weighted by molar-refractivity contribution is 0.615. The molecule has 4 nitrogen and oxygen atoms in total. The number of aryl methyl sites for hydroxylation is 1. The van der Waals surface area contributed by atoms with Crippen LogP contribution < -0.4 is 5.32 Å².